The average molecular weight is 305 g/mol. The quantitative estimate of drug-likeness (QED) is 0.697. The zero-order valence-electron chi connectivity index (χ0n) is 12.8. The standard InChI is InChI=1S/C16H23N3OS/c1-3-4-5-6-13-18-15-14(16(20)19(13)17)11-9-10(2)7-8-12(11)21-15/h10H,3-9,17H2,1-2H3/t10-/m1/s1. The van der Waals surface area contributed by atoms with E-state index in [-0.39, 0.29) is 5.56 Å². The second-order valence-electron chi connectivity index (χ2n) is 6.19. The van der Waals surface area contributed by atoms with Gasteiger partial charge >= 0.3 is 0 Å². The van der Waals surface area contributed by atoms with Crippen LogP contribution in [0.1, 0.15) is 55.8 Å². The van der Waals surface area contributed by atoms with Crippen LogP contribution in [0.2, 0.25) is 0 Å². The summed E-state index contributed by atoms with van der Waals surface area (Å²) in [6, 6.07) is 0. The van der Waals surface area contributed by atoms with Gasteiger partial charge in [-0.2, -0.15) is 0 Å². The summed E-state index contributed by atoms with van der Waals surface area (Å²) in [4.78, 5) is 19.6. The minimum atomic E-state index is -0.0573. The van der Waals surface area contributed by atoms with Crippen molar-refractivity contribution in [3.63, 3.8) is 0 Å². The molecular weight excluding hydrogens is 282 g/mol. The van der Waals surface area contributed by atoms with Crippen LogP contribution in [0.15, 0.2) is 4.79 Å². The van der Waals surface area contributed by atoms with Gasteiger partial charge in [-0.1, -0.05) is 26.7 Å². The predicted octanol–water partition coefficient (Wildman–Crippen LogP) is 3.03. The second kappa shape index (κ2) is 5.79. The Labute approximate surface area is 129 Å². The lowest BCUT2D eigenvalue weighted by Gasteiger charge is -2.17. The molecule has 2 heterocycles. The van der Waals surface area contributed by atoms with Crippen molar-refractivity contribution in [1.29, 1.82) is 0 Å². The van der Waals surface area contributed by atoms with Gasteiger partial charge in [0, 0.05) is 11.3 Å². The molecule has 114 valence electrons. The molecule has 2 aromatic rings. The molecule has 0 spiro atoms. The van der Waals surface area contributed by atoms with Crippen molar-refractivity contribution < 1.29 is 0 Å². The Morgan fingerprint density at radius 2 is 2.24 bits per heavy atom. The summed E-state index contributed by atoms with van der Waals surface area (Å²) >= 11 is 1.70. The number of aryl methyl sites for hydroxylation is 2. The van der Waals surface area contributed by atoms with Crippen LogP contribution in [0.25, 0.3) is 10.2 Å². The molecule has 1 atom stereocenters. The number of aromatic nitrogens is 2. The third-order valence-corrected chi connectivity index (χ3v) is 5.62. The van der Waals surface area contributed by atoms with Crippen molar-refractivity contribution in [2.24, 2.45) is 5.92 Å². The highest BCUT2D eigenvalue weighted by atomic mass is 32.1. The fourth-order valence-electron chi connectivity index (χ4n) is 3.16. The van der Waals surface area contributed by atoms with Gasteiger partial charge in [-0.3, -0.25) is 4.79 Å². The molecule has 0 bridgehead atoms. The van der Waals surface area contributed by atoms with E-state index in [9.17, 15) is 4.79 Å². The van der Waals surface area contributed by atoms with Gasteiger partial charge in [0.2, 0.25) is 0 Å². The first-order valence-electron chi connectivity index (χ1n) is 7.93. The molecule has 2 aromatic heterocycles. The maximum absolute atomic E-state index is 12.6. The molecule has 5 heteroatoms. The van der Waals surface area contributed by atoms with Crippen molar-refractivity contribution in [3.8, 4) is 0 Å². The molecule has 2 N–H and O–H groups in total. The SMILES string of the molecule is CCCCCc1nc2sc3c(c2c(=O)n1N)C[C@H](C)CC3. The Balaban J connectivity index is 2.07. The number of rotatable bonds is 4. The summed E-state index contributed by atoms with van der Waals surface area (Å²) in [5.74, 6) is 7.38. The van der Waals surface area contributed by atoms with Crippen LogP contribution in [0.4, 0.5) is 0 Å². The minimum absolute atomic E-state index is 0.0573. The van der Waals surface area contributed by atoms with Crippen LogP contribution in [0, 0.1) is 5.92 Å². The van der Waals surface area contributed by atoms with Crippen molar-refractivity contribution in [2.75, 3.05) is 5.84 Å². The summed E-state index contributed by atoms with van der Waals surface area (Å²) in [5, 5.41) is 0.781. The number of nitrogen functional groups attached to an aromatic ring is 1. The first kappa shape index (κ1) is 14.6. The van der Waals surface area contributed by atoms with Crippen LogP contribution < -0.4 is 11.4 Å². The molecule has 0 aliphatic heterocycles. The molecule has 0 fully saturated rings. The Morgan fingerprint density at radius 3 is 3.00 bits per heavy atom. The maximum Gasteiger partial charge on any atom is 0.280 e. The van der Waals surface area contributed by atoms with Gasteiger partial charge in [0.05, 0.1) is 5.39 Å². The number of hydrogen-bond acceptors (Lipinski definition) is 4. The van der Waals surface area contributed by atoms with Gasteiger partial charge in [-0.25, -0.2) is 9.66 Å². The molecule has 3 rings (SSSR count). The fraction of sp³-hybridized carbons (Fsp3) is 0.625. The van der Waals surface area contributed by atoms with E-state index in [4.69, 9.17) is 10.8 Å². The minimum Gasteiger partial charge on any atom is -0.335 e. The highest BCUT2D eigenvalue weighted by Crippen LogP contribution is 2.35. The molecule has 0 radical (unpaired) electrons. The number of hydrogen-bond donors (Lipinski definition) is 1. The fourth-order valence-corrected chi connectivity index (χ4v) is 4.39. The smallest absolute Gasteiger partial charge is 0.280 e. The molecule has 4 nitrogen and oxygen atoms in total. The zero-order valence-corrected chi connectivity index (χ0v) is 13.6. The molecular formula is C16H23N3OS. The van der Waals surface area contributed by atoms with Gasteiger partial charge in [-0.15, -0.1) is 11.3 Å². The Morgan fingerprint density at radius 1 is 1.43 bits per heavy atom. The molecule has 21 heavy (non-hydrogen) atoms. The predicted molar refractivity (Wildman–Crippen MR) is 88.4 cm³/mol. The molecule has 1 aliphatic rings. The van der Waals surface area contributed by atoms with Gasteiger partial charge in [0.1, 0.15) is 10.7 Å². The van der Waals surface area contributed by atoms with Crippen LogP contribution in [0.5, 0.6) is 0 Å². The van der Waals surface area contributed by atoms with Gasteiger partial charge < -0.3 is 5.84 Å². The normalized spacial score (nSPS) is 18.1. The van der Waals surface area contributed by atoms with E-state index >= 15 is 0 Å². The number of fused-ring (bicyclic) bond motifs is 3. The van der Waals surface area contributed by atoms with E-state index in [2.05, 4.69) is 13.8 Å². The van der Waals surface area contributed by atoms with Crippen LogP contribution in [-0.2, 0) is 19.3 Å². The lowest BCUT2D eigenvalue weighted by Crippen LogP contribution is -2.32. The largest absolute Gasteiger partial charge is 0.335 e. The van der Waals surface area contributed by atoms with Gasteiger partial charge in [0.15, 0.2) is 0 Å². The Kier molecular flexibility index (Phi) is 4.02. The number of thiophene rings is 1. The van der Waals surface area contributed by atoms with Crippen LogP contribution >= 0.6 is 11.3 Å². The molecule has 0 saturated carbocycles. The third-order valence-electron chi connectivity index (χ3n) is 4.43. The summed E-state index contributed by atoms with van der Waals surface area (Å²) in [6.07, 6.45) is 7.39. The highest BCUT2D eigenvalue weighted by molar-refractivity contribution is 7.18. The van der Waals surface area contributed by atoms with Crippen LogP contribution in [-0.4, -0.2) is 9.66 Å². The van der Waals surface area contributed by atoms with Crippen LogP contribution in [0.3, 0.4) is 0 Å². The van der Waals surface area contributed by atoms with Crippen molar-refractivity contribution in [2.45, 2.75) is 58.8 Å². The van der Waals surface area contributed by atoms with E-state index < -0.39 is 0 Å². The van der Waals surface area contributed by atoms with Crippen molar-refractivity contribution >= 4 is 21.6 Å². The number of nitrogens with zero attached hydrogens (tertiary/aromatic N) is 2. The summed E-state index contributed by atoms with van der Waals surface area (Å²) in [5.41, 5.74) is 1.16. The van der Waals surface area contributed by atoms with Gasteiger partial charge in [0.25, 0.3) is 5.56 Å². The molecule has 0 aromatic carbocycles. The van der Waals surface area contributed by atoms with E-state index in [0.717, 1.165) is 54.6 Å². The molecule has 0 saturated heterocycles. The first-order chi connectivity index (χ1) is 10.1. The second-order valence-corrected chi connectivity index (χ2v) is 7.28. The summed E-state index contributed by atoms with van der Waals surface area (Å²) in [7, 11) is 0. The lowest BCUT2D eigenvalue weighted by molar-refractivity contribution is 0.508. The lowest BCUT2D eigenvalue weighted by atomic mass is 9.89. The van der Waals surface area contributed by atoms with Crippen molar-refractivity contribution in [3.05, 3.63) is 26.6 Å². The molecule has 1 aliphatic carbocycles. The number of unbranched alkanes of at least 4 members (excludes halogenated alkanes) is 2. The first-order valence-corrected chi connectivity index (χ1v) is 8.74. The maximum atomic E-state index is 12.6. The molecule has 0 amide bonds. The average Bonchev–Trinajstić information content (AvgIpc) is 2.82. The Bertz CT molecular complexity index is 716. The monoisotopic (exact) mass is 305 g/mol. The zero-order chi connectivity index (χ0) is 15.0. The summed E-state index contributed by atoms with van der Waals surface area (Å²) < 4.78 is 1.28. The topological polar surface area (TPSA) is 60.9 Å². The van der Waals surface area contributed by atoms with E-state index in [1.54, 1.807) is 11.3 Å². The van der Waals surface area contributed by atoms with E-state index in [1.165, 1.54) is 21.5 Å². The van der Waals surface area contributed by atoms with Crippen molar-refractivity contribution in [1.82, 2.24) is 9.66 Å². The third kappa shape index (κ3) is 2.59. The number of nitrogens with two attached hydrogens (primary N) is 1. The highest BCUT2D eigenvalue weighted by Gasteiger charge is 2.24. The van der Waals surface area contributed by atoms with Gasteiger partial charge in [-0.05, 0) is 37.2 Å². The summed E-state index contributed by atoms with van der Waals surface area (Å²) in [6.45, 7) is 4.42. The van der Waals surface area contributed by atoms with E-state index in [0.29, 0.717) is 5.92 Å². The molecule has 0 unspecified atom stereocenters. The van der Waals surface area contributed by atoms with E-state index in [1.807, 2.05) is 0 Å². The Hall–Kier alpha value is -1.36.